The molecule has 0 spiro atoms. The van der Waals surface area contributed by atoms with Crippen LogP contribution in [0.15, 0.2) is 41.5 Å². The summed E-state index contributed by atoms with van der Waals surface area (Å²) in [6.45, 7) is 0. The molecule has 2 aromatic carbocycles. The molecule has 0 fully saturated rings. The highest BCUT2D eigenvalue weighted by atomic mass is 35.5. The van der Waals surface area contributed by atoms with Crippen molar-refractivity contribution in [1.82, 2.24) is 5.43 Å². The van der Waals surface area contributed by atoms with E-state index in [0.717, 1.165) is 11.4 Å². The number of halogens is 2. The third kappa shape index (κ3) is 5.60. The molecule has 6 nitrogen and oxygen atoms in total. The van der Waals surface area contributed by atoms with Crippen LogP contribution in [-0.4, -0.2) is 24.8 Å². The van der Waals surface area contributed by atoms with Crippen LogP contribution in [0.25, 0.3) is 0 Å². The maximum Gasteiger partial charge on any atom is 0.211 e. The summed E-state index contributed by atoms with van der Waals surface area (Å²) in [7, 11) is 1.60. The van der Waals surface area contributed by atoms with E-state index in [1.165, 1.54) is 12.3 Å². The minimum atomic E-state index is 0.291. The molecule has 0 aromatic heterocycles. The van der Waals surface area contributed by atoms with Crippen LogP contribution < -0.4 is 20.8 Å². The zero-order valence-electron chi connectivity index (χ0n) is 13.0. The summed E-state index contributed by atoms with van der Waals surface area (Å²) in [6.07, 6.45) is 1.97. The topological polar surface area (TPSA) is 74.8 Å². The van der Waals surface area contributed by atoms with Crippen molar-refractivity contribution in [2.24, 2.45) is 5.10 Å². The average Bonchev–Trinajstić information content (AvgIpc) is 2.58. The number of thiocarbonyl (C=S) groups is 1. The lowest BCUT2D eigenvalue weighted by Crippen LogP contribution is -2.23. The molecule has 0 aliphatic rings. The SMILES string of the molecule is COc1ccc(NC(=S)N/N=C/c2cc(Cl)cc(Cl)c2NC=O)cc1. The van der Waals surface area contributed by atoms with Gasteiger partial charge in [0.2, 0.25) is 6.41 Å². The van der Waals surface area contributed by atoms with Crippen molar-refractivity contribution < 1.29 is 9.53 Å². The number of amides is 1. The van der Waals surface area contributed by atoms with E-state index in [9.17, 15) is 4.79 Å². The molecule has 0 aliphatic carbocycles. The number of nitrogens with one attached hydrogen (secondary N) is 3. The van der Waals surface area contributed by atoms with E-state index in [0.29, 0.717) is 32.8 Å². The molecule has 3 N–H and O–H groups in total. The summed E-state index contributed by atoms with van der Waals surface area (Å²) in [5.41, 5.74) is 4.39. The summed E-state index contributed by atoms with van der Waals surface area (Å²) in [6, 6.07) is 10.4. The number of ether oxygens (including phenoxy) is 1. The number of nitrogens with zero attached hydrogens (tertiary/aromatic N) is 1. The second-order valence-electron chi connectivity index (χ2n) is 4.67. The average molecular weight is 397 g/mol. The first kappa shape index (κ1) is 19.0. The number of hydrogen-bond donors (Lipinski definition) is 3. The number of carbonyl (C=O) groups excluding carboxylic acids is 1. The van der Waals surface area contributed by atoms with Gasteiger partial charge in [-0.2, -0.15) is 5.10 Å². The van der Waals surface area contributed by atoms with Gasteiger partial charge in [-0.15, -0.1) is 0 Å². The van der Waals surface area contributed by atoms with Crippen molar-refractivity contribution in [3.05, 3.63) is 52.0 Å². The molecular weight excluding hydrogens is 383 g/mol. The van der Waals surface area contributed by atoms with Gasteiger partial charge in [-0.3, -0.25) is 10.2 Å². The lowest BCUT2D eigenvalue weighted by molar-refractivity contribution is -0.105. The molecule has 0 radical (unpaired) electrons. The van der Waals surface area contributed by atoms with Crippen molar-refractivity contribution in [2.45, 2.75) is 0 Å². The van der Waals surface area contributed by atoms with Crippen LogP contribution in [0, 0.1) is 0 Å². The van der Waals surface area contributed by atoms with Crippen molar-refractivity contribution in [1.29, 1.82) is 0 Å². The van der Waals surface area contributed by atoms with Crippen LogP contribution in [0.1, 0.15) is 5.56 Å². The number of benzene rings is 2. The fraction of sp³-hybridized carbons (Fsp3) is 0.0625. The Hall–Kier alpha value is -2.35. The number of methoxy groups -OCH3 is 1. The fourth-order valence-electron chi connectivity index (χ4n) is 1.90. The molecule has 0 heterocycles. The molecule has 0 saturated carbocycles. The van der Waals surface area contributed by atoms with Crippen LogP contribution in [0.3, 0.4) is 0 Å². The summed E-state index contributed by atoms with van der Waals surface area (Å²) >= 11 is 17.2. The van der Waals surface area contributed by atoms with Gasteiger partial charge < -0.3 is 15.4 Å². The number of rotatable bonds is 6. The number of anilines is 2. The maximum atomic E-state index is 10.7. The van der Waals surface area contributed by atoms with E-state index in [4.69, 9.17) is 40.2 Å². The minimum absolute atomic E-state index is 0.291. The Morgan fingerprint density at radius 1 is 1.24 bits per heavy atom. The van der Waals surface area contributed by atoms with Gasteiger partial charge in [0.05, 0.1) is 24.0 Å². The van der Waals surface area contributed by atoms with Crippen molar-refractivity contribution >= 4 is 64.5 Å². The lowest BCUT2D eigenvalue weighted by Gasteiger charge is -2.09. The van der Waals surface area contributed by atoms with Gasteiger partial charge in [0, 0.05) is 16.3 Å². The Balaban J connectivity index is 2.02. The van der Waals surface area contributed by atoms with Crippen LogP contribution in [-0.2, 0) is 4.79 Å². The third-order valence-electron chi connectivity index (χ3n) is 3.01. The second kappa shape index (κ2) is 9.22. The monoisotopic (exact) mass is 396 g/mol. The molecule has 9 heteroatoms. The van der Waals surface area contributed by atoms with Gasteiger partial charge in [0.15, 0.2) is 5.11 Å². The summed E-state index contributed by atoms with van der Waals surface area (Å²) in [5.74, 6) is 0.746. The molecular formula is C16H14Cl2N4O2S. The molecule has 0 aliphatic heterocycles. The van der Waals surface area contributed by atoms with Crippen LogP contribution in [0.4, 0.5) is 11.4 Å². The second-order valence-corrected chi connectivity index (χ2v) is 5.92. The highest BCUT2D eigenvalue weighted by Gasteiger charge is 2.07. The third-order valence-corrected chi connectivity index (χ3v) is 3.72. The highest BCUT2D eigenvalue weighted by Crippen LogP contribution is 2.28. The quantitative estimate of drug-likeness (QED) is 0.299. The number of hydrogen-bond acceptors (Lipinski definition) is 4. The van der Waals surface area contributed by atoms with E-state index >= 15 is 0 Å². The van der Waals surface area contributed by atoms with E-state index in [2.05, 4.69) is 21.2 Å². The minimum Gasteiger partial charge on any atom is -0.497 e. The van der Waals surface area contributed by atoms with Gasteiger partial charge >= 0.3 is 0 Å². The predicted molar refractivity (Wildman–Crippen MR) is 106 cm³/mol. The van der Waals surface area contributed by atoms with Crippen LogP contribution in [0.5, 0.6) is 5.75 Å². The fourth-order valence-corrected chi connectivity index (χ4v) is 2.63. The first-order valence-corrected chi connectivity index (χ1v) is 8.13. The summed E-state index contributed by atoms with van der Waals surface area (Å²) in [4.78, 5) is 10.7. The van der Waals surface area contributed by atoms with Crippen LogP contribution >= 0.6 is 35.4 Å². The highest BCUT2D eigenvalue weighted by molar-refractivity contribution is 7.80. The molecule has 0 saturated heterocycles. The van der Waals surface area contributed by atoms with Gasteiger partial charge in [-0.05, 0) is 48.6 Å². The molecule has 2 aromatic rings. The summed E-state index contributed by atoms with van der Waals surface area (Å²) < 4.78 is 5.09. The predicted octanol–water partition coefficient (Wildman–Crippen LogP) is 3.89. The molecule has 25 heavy (non-hydrogen) atoms. The Morgan fingerprint density at radius 2 is 1.96 bits per heavy atom. The Labute approximate surface area is 160 Å². The van der Waals surface area contributed by atoms with Gasteiger partial charge in [0.25, 0.3) is 0 Å². The standard InChI is InChI=1S/C16H14Cl2N4O2S/c1-24-13-4-2-12(3-5-13)21-16(25)22-20-8-10-6-11(17)7-14(18)15(10)19-9-23/h2-9H,1H3,(H,19,23)(H2,21,22,25)/b20-8+. The smallest absolute Gasteiger partial charge is 0.211 e. The number of carbonyl (C=O) groups is 1. The van der Waals surface area contributed by atoms with Crippen molar-refractivity contribution in [2.75, 3.05) is 17.7 Å². The molecule has 2 rings (SSSR count). The Bertz CT molecular complexity index is 797. The van der Waals surface area contributed by atoms with E-state index in [1.807, 2.05) is 12.1 Å². The molecule has 130 valence electrons. The van der Waals surface area contributed by atoms with E-state index < -0.39 is 0 Å². The first-order valence-electron chi connectivity index (χ1n) is 6.97. The summed E-state index contributed by atoms with van der Waals surface area (Å²) in [5, 5.41) is 10.5. The van der Waals surface area contributed by atoms with Gasteiger partial charge in [0.1, 0.15) is 5.75 Å². The molecule has 0 atom stereocenters. The molecule has 0 bridgehead atoms. The van der Waals surface area contributed by atoms with Gasteiger partial charge in [-0.25, -0.2) is 0 Å². The van der Waals surface area contributed by atoms with Crippen LogP contribution in [0.2, 0.25) is 10.0 Å². The van der Waals surface area contributed by atoms with E-state index in [1.54, 1.807) is 25.3 Å². The normalized spacial score (nSPS) is 10.4. The number of hydrazone groups is 1. The van der Waals surface area contributed by atoms with Gasteiger partial charge in [-0.1, -0.05) is 23.2 Å². The van der Waals surface area contributed by atoms with Crippen molar-refractivity contribution in [3.8, 4) is 5.75 Å². The Morgan fingerprint density at radius 3 is 2.60 bits per heavy atom. The molecule has 1 amide bonds. The first-order chi connectivity index (χ1) is 12.0. The molecule has 0 unspecified atom stereocenters. The maximum absolute atomic E-state index is 10.7. The zero-order valence-corrected chi connectivity index (χ0v) is 15.4. The zero-order chi connectivity index (χ0) is 18.2. The lowest BCUT2D eigenvalue weighted by atomic mass is 10.2. The largest absolute Gasteiger partial charge is 0.497 e. The Kier molecular flexibility index (Phi) is 7.00. The van der Waals surface area contributed by atoms with Crippen molar-refractivity contribution in [3.63, 3.8) is 0 Å². The van der Waals surface area contributed by atoms with E-state index in [-0.39, 0.29) is 0 Å².